The van der Waals surface area contributed by atoms with Gasteiger partial charge in [0.1, 0.15) is 5.82 Å². The van der Waals surface area contributed by atoms with Gasteiger partial charge in [-0.2, -0.15) is 0 Å². The predicted molar refractivity (Wildman–Crippen MR) is 77.5 cm³/mol. The molecule has 0 bridgehead atoms. The zero-order chi connectivity index (χ0) is 14.6. The number of halogens is 1. The lowest BCUT2D eigenvalue weighted by Crippen LogP contribution is -2.36. The smallest absolute Gasteiger partial charge is 0.162 e. The van der Waals surface area contributed by atoms with Crippen LogP contribution in [0.3, 0.4) is 0 Å². The lowest BCUT2D eigenvalue weighted by atomic mass is 10.2. The van der Waals surface area contributed by atoms with Crippen molar-refractivity contribution in [2.24, 2.45) is 0 Å². The molecule has 0 aromatic heterocycles. The molecule has 0 saturated carbocycles. The van der Waals surface area contributed by atoms with Crippen LogP contribution in [0.1, 0.15) is 18.9 Å². The quantitative estimate of drug-likeness (QED) is 0.862. The predicted octanol–water partition coefficient (Wildman–Crippen LogP) is 1.38. The summed E-state index contributed by atoms with van der Waals surface area (Å²) in [5.41, 5.74) is 0.951. The van der Waals surface area contributed by atoms with Gasteiger partial charge in [-0.15, -0.1) is 0 Å². The molecule has 112 valence electrons. The second kappa shape index (κ2) is 6.65. The summed E-state index contributed by atoms with van der Waals surface area (Å²) in [6.07, 6.45) is 0.925. The van der Waals surface area contributed by atoms with Gasteiger partial charge in [0.2, 0.25) is 0 Å². The molecule has 6 heteroatoms. The van der Waals surface area contributed by atoms with Crippen LogP contribution in [-0.2, 0) is 16.4 Å². The fraction of sp³-hybridized carbons (Fsp3) is 0.571. The Balaban J connectivity index is 1.81. The summed E-state index contributed by atoms with van der Waals surface area (Å²) in [5.74, 6) is -0.00719. The van der Waals surface area contributed by atoms with Gasteiger partial charge in [0.25, 0.3) is 0 Å². The summed E-state index contributed by atoms with van der Waals surface area (Å²) in [4.78, 5) is 2.21. The monoisotopic (exact) mass is 300 g/mol. The maximum Gasteiger partial charge on any atom is 0.162 e. The fourth-order valence-electron chi connectivity index (χ4n) is 2.38. The average Bonchev–Trinajstić information content (AvgIpc) is 2.84. The van der Waals surface area contributed by atoms with Gasteiger partial charge in [-0.05, 0) is 24.1 Å². The molecule has 1 aliphatic heterocycles. The van der Waals surface area contributed by atoms with Gasteiger partial charge in [-0.25, -0.2) is 12.8 Å². The number of nitrogens with zero attached hydrogens (tertiary/aromatic N) is 1. The summed E-state index contributed by atoms with van der Waals surface area (Å²) in [7, 11) is -2.97. The molecule has 1 atom stereocenters. The molecule has 20 heavy (non-hydrogen) atoms. The van der Waals surface area contributed by atoms with Crippen molar-refractivity contribution < 1.29 is 12.8 Å². The van der Waals surface area contributed by atoms with Crippen molar-refractivity contribution in [2.45, 2.75) is 25.9 Å². The van der Waals surface area contributed by atoms with E-state index in [1.165, 1.54) is 6.07 Å². The topological polar surface area (TPSA) is 49.4 Å². The van der Waals surface area contributed by atoms with E-state index in [1.54, 1.807) is 19.1 Å². The second-order valence-corrected chi connectivity index (χ2v) is 7.58. The summed E-state index contributed by atoms with van der Waals surface area (Å²) in [6.45, 7) is 4.06. The van der Waals surface area contributed by atoms with Crippen molar-refractivity contribution >= 4 is 9.84 Å². The Hall–Kier alpha value is -0.980. The summed E-state index contributed by atoms with van der Waals surface area (Å²) < 4.78 is 36.0. The highest BCUT2D eigenvalue weighted by Gasteiger charge is 2.23. The van der Waals surface area contributed by atoms with Crippen molar-refractivity contribution in [1.29, 1.82) is 0 Å². The van der Waals surface area contributed by atoms with Crippen molar-refractivity contribution in [2.75, 3.05) is 24.7 Å². The normalized spacial score (nSPS) is 20.4. The van der Waals surface area contributed by atoms with E-state index in [9.17, 15) is 12.8 Å². The third kappa shape index (κ3) is 4.54. The lowest BCUT2D eigenvalue weighted by molar-refractivity contribution is 0.321. The van der Waals surface area contributed by atoms with Crippen molar-refractivity contribution in [1.82, 2.24) is 10.2 Å². The number of hydrogen-bond acceptors (Lipinski definition) is 4. The molecular formula is C14H21FN2O2S. The van der Waals surface area contributed by atoms with Crippen molar-refractivity contribution in [3.05, 3.63) is 35.6 Å². The minimum absolute atomic E-state index is 0.0436. The fourth-order valence-corrected chi connectivity index (χ4v) is 3.08. The minimum atomic E-state index is -2.97. The summed E-state index contributed by atoms with van der Waals surface area (Å²) >= 11 is 0. The van der Waals surface area contributed by atoms with Crippen LogP contribution in [0.2, 0.25) is 0 Å². The Kier molecular flexibility index (Phi) is 5.12. The number of nitrogens with one attached hydrogen (secondary N) is 1. The van der Waals surface area contributed by atoms with E-state index in [4.69, 9.17) is 0 Å². The molecule has 1 saturated heterocycles. The van der Waals surface area contributed by atoms with E-state index >= 15 is 0 Å². The molecule has 1 aliphatic rings. The Labute approximate surface area is 119 Å². The van der Waals surface area contributed by atoms with Crippen LogP contribution in [0, 0.1) is 5.82 Å². The SMILES string of the molecule is CCS(=O)(=O)CN[C@H]1CCN(Cc2cccc(F)c2)C1. The van der Waals surface area contributed by atoms with Gasteiger partial charge in [0.05, 0.1) is 5.88 Å². The maximum atomic E-state index is 13.1. The molecule has 1 N–H and O–H groups in total. The van der Waals surface area contributed by atoms with Crippen LogP contribution in [0.5, 0.6) is 0 Å². The first-order valence-corrected chi connectivity index (χ1v) is 8.71. The molecule has 0 spiro atoms. The van der Waals surface area contributed by atoms with Crippen LogP contribution < -0.4 is 5.32 Å². The molecule has 0 unspecified atom stereocenters. The molecule has 4 nitrogen and oxygen atoms in total. The molecule has 1 aromatic carbocycles. The number of likely N-dealkylation sites (tertiary alicyclic amines) is 1. The first kappa shape index (κ1) is 15.4. The lowest BCUT2D eigenvalue weighted by Gasteiger charge is -2.16. The third-order valence-corrected chi connectivity index (χ3v) is 5.09. The zero-order valence-electron chi connectivity index (χ0n) is 11.7. The van der Waals surface area contributed by atoms with Gasteiger partial charge in [-0.1, -0.05) is 19.1 Å². The van der Waals surface area contributed by atoms with Crippen LogP contribution in [-0.4, -0.2) is 44.1 Å². The molecule has 1 aromatic rings. The van der Waals surface area contributed by atoms with Crippen LogP contribution in [0.4, 0.5) is 4.39 Å². The van der Waals surface area contributed by atoms with E-state index in [0.29, 0.717) is 6.54 Å². The first-order valence-electron chi connectivity index (χ1n) is 6.89. The molecule has 1 heterocycles. The Morgan fingerprint density at radius 1 is 1.45 bits per heavy atom. The number of sulfone groups is 1. The molecule has 0 radical (unpaired) electrons. The Morgan fingerprint density at radius 2 is 2.25 bits per heavy atom. The third-order valence-electron chi connectivity index (χ3n) is 3.60. The minimum Gasteiger partial charge on any atom is -0.300 e. The zero-order valence-corrected chi connectivity index (χ0v) is 12.5. The van der Waals surface area contributed by atoms with E-state index in [1.807, 2.05) is 6.07 Å². The van der Waals surface area contributed by atoms with E-state index in [2.05, 4.69) is 10.2 Å². The van der Waals surface area contributed by atoms with E-state index in [-0.39, 0.29) is 23.5 Å². The number of benzene rings is 1. The largest absolute Gasteiger partial charge is 0.300 e. The summed E-state index contributed by atoms with van der Waals surface area (Å²) in [5, 5.41) is 3.10. The highest BCUT2D eigenvalue weighted by Crippen LogP contribution is 2.14. The second-order valence-electron chi connectivity index (χ2n) is 5.23. The standard InChI is InChI=1S/C14H21FN2O2S/c1-2-20(18,19)11-16-14-6-7-17(10-14)9-12-4-3-5-13(15)8-12/h3-5,8,14,16H,2,6-7,9-11H2,1H3/t14-/m0/s1. The van der Waals surface area contributed by atoms with Gasteiger partial charge in [-0.3, -0.25) is 10.2 Å². The Bertz CT molecular complexity index is 548. The van der Waals surface area contributed by atoms with Gasteiger partial charge in [0, 0.05) is 31.4 Å². The molecule has 1 fully saturated rings. The van der Waals surface area contributed by atoms with Crippen LogP contribution in [0.15, 0.2) is 24.3 Å². The van der Waals surface area contributed by atoms with Crippen LogP contribution in [0.25, 0.3) is 0 Å². The first-order chi connectivity index (χ1) is 9.48. The molecule has 0 aliphatic carbocycles. The Morgan fingerprint density at radius 3 is 2.95 bits per heavy atom. The van der Waals surface area contributed by atoms with Gasteiger partial charge in [0.15, 0.2) is 9.84 Å². The highest BCUT2D eigenvalue weighted by atomic mass is 32.2. The highest BCUT2D eigenvalue weighted by molar-refractivity contribution is 7.91. The molecule has 0 amide bonds. The molecular weight excluding hydrogens is 279 g/mol. The number of rotatable bonds is 6. The number of hydrogen-bond donors (Lipinski definition) is 1. The van der Waals surface area contributed by atoms with E-state index in [0.717, 1.165) is 25.1 Å². The average molecular weight is 300 g/mol. The van der Waals surface area contributed by atoms with E-state index < -0.39 is 9.84 Å². The summed E-state index contributed by atoms with van der Waals surface area (Å²) in [6, 6.07) is 6.80. The van der Waals surface area contributed by atoms with Gasteiger partial charge >= 0.3 is 0 Å². The van der Waals surface area contributed by atoms with Gasteiger partial charge < -0.3 is 0 Å². The maximum absolute atomic E-state index is 13.1. The van der Waals surface area contributed by atoms with Crippen LogP contribution >= 0.6 is 0 Å². The van der Waals surface area contributed by atoms with Crippen molar-refractivity contribution in [3.63, 3.8) is 0 Å². The van der Waals surface area contributed by atoms with Crippen molar-refractivity contribution in [3.8, 4) is 0 Å². The molecule has 2 rings (SSSR count).